The molecule has 0 aliphatic heterocycles. The van der Waals surface area contributed by atoms with Crippen LogP contribution in [-0.2, 0) is 9.53 Å². The lowest BCUT2D eigenvalue weighted by molar-refractivity contribution is -0.124. The number of amides is 1. The molecule has 0 aliphatic carbocycles. The van der Waals surface area contributed by atoms with Crippen molar-refractivity contribution in [2.75, 3.05) is 25.6 Å². The minimum atomic E-state index is 0.0590. The third kappa shape index (κ3) is 8.06. The van der Waals surface area contributed by atoms with Gasteiger partial charge in [0, 0.05) is 24.9 Å². The molecule has 0 unspecified atom stereocenters. The summed E-state index contributed by atoms with van der Waals surface area (Å²) in [6, 6.07) is 0. The second kappa shape index (κ2) is 8.32. The fourth-order valence-corrected chi connectivity index (χ4v) is 0.856. The predicted octanol–water partition coefficient (Wildman–Crippen LogP) is 1.40. The molecule has 0 atom stereocenters. The van der Waals surface area contributed by atoms with E-state index >= 15 is 0 Å². The summed E-state index contributed by atoms with van der Waals surface area (Å²) in [5, 5.41) is 2.81. The van der Waals surface area contributed by atoms with Gasteiger partial charge in [-0.15, -0.1) is 11.6 Å². The van der Waals surface area contributed by atoms with Gasteiger partial charge in [0.05, 0.1) is 6.61 Å². The smallest absolute Gasteiger partial charge is 0.222 e. The summed E-state index contributed by atoms with van der Waals surface area (Å²) in [6.45, 7) is 5.67. The quantitative estimate of drug-likeness (QED) is 0.507. The zero-order valence-electron chi connectivity index (χ0n) is 8.31. The van der Waals surface area contributed by atoms with E-state index in [-0.39, 0.29) is 11.8 Å². The molecule has 0 aliphatic rings. The van der Waals surface area contributed by atoms with E-state index in [1.54, 1.807) is 0 Å². The number of carbonyl (C=O) groups is 1. The maximum Gasteiger partial charge on any atom is 0.222 e. The Balaban J connectivity index is 3.12. The summed E-state index contributed by atoms with van der Waals surface area (Å²) in [5.74, 6) is 0.680. The molecule has 0 radical (unpaired) electrons. The highest BCUT2D eigenvalue weighted by molar-refractivity contribution is 6.17. The number of carbonyl (C=O) groups excluding carboxylic acids is 1. The minimum absolute atomic E-state index is 0.0590. The van der Waals surface area contributed by atoms with Gasteiger partial charge in [0.25, 0.3) is 0 Å². The van der Waals surface area contributed by atoms with E-state index < -0.39 is 0 Å². The second-order valence-corrected chi connectivity index (χ2v) is 3.48. The molecule has 0 bridgehead atoms. The van der Waals surface area contributed by atoms with Crippen molar-refractivity contribution in [3.05, 3.63) is 0 Å². The van der Waals surface area contributed by atoms with Crippen LogP contribution in [0.2, 0.25) is 0 Å². The van der Waals surface area contributed by atoms with Gasteiger partial charge in [-0.1, -0.05) is 13.8 Å². The molecule has 0 aromatic heterocycles. The van der Waals surface area contributed by atoms with Crippen molar-refractivity contribution in [2.24, 2.45) is 5.92 Å². The van der Waals surface area contributed by atoms with Crippen LogP contribution in [0, 0.1) is 5.92 Å². The van der Waals surface area contributed by atoms with Crippen LogP contribution in [0.5, 0.6) is 0 Å². The molecule has 0 saturated heterocycles. The number of ether oxygens (including phenoxy) is 1. The van der Waals surface area contributed by atoms with E-state index in [2.05, 4.69) is 5.32 Å². The van der Waals surface area contributed by atoms with Gasteiger partial charge >= 0.3 is 0 Å². The molecule has 0 aromatic rings. The summed E-state index contributed by atoms with van der Waals surface area (Å²) in [7, 11) is 0. The third-order valence-electron chi connectivity index (χ3n) is 1.51. The lowest BCUT2D eigenvalue weighted by Gasteiger charge is -2.07. The van der Waals surface area contributed by atoms with Crippen LogP contribution in [0.15, 0.2) is 0 Å². The Labute approximate surface area is 84.8 Å². The Morgan fingerprint density at radius 2 is 2.15 bits per heavy atom. The number of hydrogen-bond acceptors (Lipinski definition) is 2. The number of hydrogen-bond donors (Lipinski definition) is 1. The monoisotopic (exact) mass is 207 g/mol. The lowest BCUT2D eigenvalue weighted by atomic mass is 10.2. The highest BCUT2D eigenvalue weighted by Crippen LogP contribution is 1.90. The largest absolute Gasteiger partial charge is 0.380 e. The van der Waals surface area contributed by atoms with Crippen molar-refractivity contribution in [2.45, 2.75) is 20.3 Å². The molecule has 0 heterocycles. The molecule has 0 rings (SSSR count). The number of halogens is 1. The molecule has 4 heteroatoms. The van der Waals surface area contributed by atoms with E-state index in [0.717, 1.165) is 6.42 Å². The molecule has 0 saturated carbocycles. The van der Waals surface area contributed by atoms with E-state index in [4.69, 9.17) is 16.3 Å². The standard InChI is InChI=1S/C9H18ClNO2/c1-8(2)9(12)11-5-3-6-13-7-4-10/h8H,3-7H2,1-2H3,(H,11,12). The van der Waals surface area contributed by atoms with Crippen molar-refractivity contribution in [1.82, 2.24) is 5.32 Å². The van der Waals surface area contributed by atoms with Crippen molar-refractivity contribution in [3.8, 4) is 0 Å². The van der Waals surface area contributed by atoms with Gasteiger partial charge in [-0.05, 0) is 6.42 Å². The van der Waals surface area contributed by atoms with Gasteiger partial charge in [0.2, 0.25) is 5.91 Å². The molecule has 1 amide bonds. The van der Waals surface area contributed by atoms with Gasteiger partial charge in [0.15, 0.2) is 0 Å². The van der Waals surface area contributed by atoms with E-state index in [0.29, 0.717) is 25.6 Å². The molecule has 3 nitrogen and oxygen atoms in total. The molecule has 13 heavy (non-hydrogen) atoms. The number of nitrogens with one attached hydrogen (secondary N) is 1. The predicted molar refractivity (Wildman–Crippen MR) is 54.0 cm³/mol. The number of alkyl halides is 1. The van der Waals surface area contributed by atoms with Crippen molar-refractivity contribution >= 4 is 17.5 Å². The van der Waals surface area contributed by atoms with E-state index in [9.17, 15) is 4.79 Å². The second-order valence-electron chi connectivity index (χ2n) is 3.10. The highest BCUT2D eigenvalue weighted by atomic mass is 35.5. The zero-order chi connectivity index (χ0) is 10.1. The maximum atomic E-state index is 11.1. The van der Waals surface area contributed by atoms with Gasteiger partial charge in [-0.3, -0.25) is 4.79 Å². The molecular formula is C9H18ClNO2. The van der Waals surface area contributed by atoms with Gasteiger partial charge in [0.1, 0.15) is 0 Å². The molecule has 0 spiro atoms. The highest BCUT2D eigenvalue weighted by Gasteiger charge is 2.04. The van der Waals surface area contributed by atoms with Crippen LogP contribution in [0.1, 0.15) is 20.3 Å². The van der Waals surface area contributed by atoms with Crippen LogP contribution in [0.3, 0.4) is 0 Å². The average Bonchev–Trinajstić information content (AvgIpc) is 2.10. The molecular weight excluding hydrogens is 190 g/mol. The van der Waals surface area contributed by atoms with Gasteiger partial charge in [-0.25, -0.2) is 0 Å². The van der Waals surface area contributed by atoms with Crippen LogP contribution in [0.4, 0.5) is 0 Å². The first-order valence-electron chi connectivity index (χ1n) is 4.60. The Hall–Kier alpha value is -0.280. The van der Waals surface area contributed by atoms with Crippen LogP contribution >= 0.6 is 11.6 Å². The number of rotatable bonds is 7. The third-order valence-corrected chi connectivity index (χ3v) is 1.66. The Bertz CT molecular complexity index is 140. The summed E-state index contributed by atoms with van der Waals surface area (Å²) >= 11 is 5.41. The molecule has 78 valence electrons. The summed E-state index contributed by atoms with van der Waals surface area (Å²) in [6.07, 6.45) is 0.843. The first-order chi connectivity index (χ1) is 6.18. The first kappa shape index (κ1) is 12.7. The fourth-order valence-electron chi connectivity index (χ4n) is 0.747. The van der Waals surface area contributed by atoms with E-state index in [1.165, 1.54) is 0 Å². The normalized spacial score (nSPS) is 10.5. The topological polar surface area (TPSA) is 38.3 Å². The molecule has 0 fully saturated rings. The summed E-state index contributed by atoms with van der Waals surface area (Å²) in [5.41, 5.74) is 0. The molecule has 1 N–H and O–H groups in total. The van der Waals surface area contributed by atoms with Crippen molar-refractivity contribution in [3.63, 3.8) is 0 Å². The Kier molecular flexibility index (Phi) is 8.14. The zero-order valence-corrected chi connectivity index (χ0v) is 9.06. The van der Waals surface area contributed by atoms with Crippen LogP contribution in [-0.4, -0.2) is 31.5 Å². The molecule has 0 aromatic carbocycles. The summed E-state index contributed by atoms with van der Waals surface area (Å²) in [4.78, 5) is 11.1. The van der Waals surface area contributed by atoms with Crippen LogP contribution in [0.25, 0.3) is 0 Å². The SMILES string of the molecule is CC(C)C(=O)NCCCOCCCl. The van der Waals surface area contributed by atoms with Gasteiger partial charge < -0.3 is 10.1 Å². The van der Waals surface area contributed by atoms with Crippen LogP contribution < -0.4 is 5.32 Å². The fraction of sp³-hybridized carbons (Fsp3) is 0.889. The minimum Gasteiger partial charge on any atom is -0.380 e. The van der Waals surface area contributed by atoms with E-state index in [1.807, 2.05) is 13.8 Å². The lowest BCUT2D eigenvalue weighted by Crippen LogP contribution is -2.29. The average molecular weight is 208 g/mol. The first-order valence-corrected chi connectivity index (χ1v) is 5.13. The maximum absolute atomic E-state index is 11.1. The Morgan fingerprint density at radius 3 is 2.69 bits per heavy atom. The summed E-state index contributed by atoms with van der Waals surface area (Å²) < 4.78 is 5.14. The van der Waals surface area contributed by atoms with Gasteiger partial charge in [-0.2, -0.15) is 0 Å². The van der Waals surface area contributed by atoms with Crippen molar-refractivity contribution in [1.29, 1.82) is 0 Å². The Morgan fingerprint density at radius 1 is 1.46 bits per heavy atom. The van der Waals surface area contributed by atoms with Crippen molar-refractivity contribution < 1.29 is 9.53 Å².